The Labute approximate surface area is 179 Å². The third-order valence-electron chi connectivity index (χ3n) is 6.12. The van der Waals surface area contributed by atoms with E-state index in [0.717, 1.165) is 29.5 Å². The molecule has 9 heteroatoms. The van der Waals surface area contributed by atoms with Crippen molar-refractivity contribution in [3.8, 4) is 17.1 Å². The third-order valence-corrected chi connectivity index (χ3v) is 6.12. The first-order chi connectivity index (χ1) is 15.0. The van der Waals surface area contributed by atoms with Crippen LogP contribution >= 0.6 is 0 Å². The van der Waals surface area contributed by atoms with Crippen molar-refractivity contribution in [2.75, 3.05) is 31.2 Å². The number of hydrogen-bond donors (Lipinski definition) is 2. The molecule has 5 rings (SSSR count). The maximum Gasteiger partial charge on any atom is 0.290 e. The average Bonchev–Trinajstić information content (AvgIpc) is 3.41. The molecule has 1 aliphatic heterocycles. The number of nitrogens with one attached hydrogen (secondary N) is 1. The minimum absolute atomic E-state index is 0.0177. The van der Waals surface area contributed by atoms with E-state index >= 15 is 0 Å². The summed E-state index contributed by atoms with van der Waals surface area (Å²) in [5.41, 5.74) is 2.50. The zero-order valence-electron chi connectivity index (χ0n) is 17.8. The van der Waals surface area contributed by atoms with Gasteiger partial charge < -0.3 is 19.5 Å². The van der Waals surface area contributed by atoms with Gasteiger partial charge in [-0.2, -0.15) is 10.2 Å². The monoisotopic (exact) mass is 425 g/mol. The zero-order chi connectivity index (χ0) is 21.6. The second-order valence-corrected chi connectivity index (χ2v) is 8.63. The molecule has 0 spiro atoms. The largest absolute Gasteiger partial charge is 0.488 e. The minimum Gasteiger partial charge on any atom is -0.488 e. The number of fused-ring (bicyclic) bond motifs is 1. The van der Waals surface area contributed by atoms with Crippen LogP contribution in [0.15, 0.2) is 29.1 Å². The van der Waals surface area contributed by atoms with Crippen molar-refractivity contribution in [3.05, 3.63) is 34.6 Å². The lowest BCUT2D eigenvalue weighted by atomic mass is 10.1. The van der Waals surface area contributed by atoms with Crippen molar-refractivity contribution in [3.63, 3.8) is 0 Å². The minimum atomic E-state index is -0.197. The first-order valence-electron chi connectivity index (χ1n) is 10.7. The van der Waals surface area contributed by atoms with E-state index in [2.05, 4.69) is 22.2 Å². The molecule has 1 saturated carbocycles. The van der Waals surface area contributed by atoms with Gasteiger partial charge in [0.05, 0.1) is 24.8 Å². The van der Waals surface area contributed by atoms with Gasteiger partial charge in [-0.1, -0.05) is 0 Å². The number of aliphatic hydroxyl groups excluding tert-OH is 1. The van der Waals surface area contributed by atoms with E-state index in [0.29, 0.717) is 43.2 Å². The van der Waals surface area contributed by atoms with Gasteiger partial charge in [0.25, 0.3) is 5.56 Å². The topological polar surface area (TPSA) is 106 Å². The number of anilines is 1. The van der Waals surface area contributed by atoms with Crippen LogP contribution in [0.1, 0.15) is 26.2 Å². The van der Waals surface area contributed by atoms with Crippen molar-refractivity contribution >= 4 is 16.6 Å². The van der Waals surface area contributed by atoms with Crippen LogP contribution < -0.4 is 15.2 Å². The molecule has 1 aliphatic carbocycles. The predicted molar refractivity (Wildman–Crippen MR) is 116 cm³/mol. The summed E-state index contributed by atoms with van der Waals surface area (Å²) in [6, 6.07) is 7.68. The van der Waals surface area contributed by atoms with Crippen LogP contribution in [-0.2, 0) is 11.8 Å². The number of nitrogens with zero attached hydrogens (tertiary/aromatic N) is 4. The Hall–Kier alpha value is -2.91. The molecule has 2 fully saturated rings. The number of rotatable bonds is 5. The molecular weight excluding hydrogens is 398 g/mol. The molecule has 31 heavy (non-hydrogen) atoms. The second kappa shape index (κ2) is 7.65. The summed E-state index contributed by atoms with van der Waals surface area (Å²) >= 11 is 0. The molecule has 1 saturated heterocycles. The molecule has 0 bridgehead atoms. The molecule has 1 atom stereocenters. The Bertz CT molecular complexity index is 1170. The Morgan fingerprint density at radius 3 is 2.94 bits per heavy atom. The van der Waals surface area contributed by atoms with Gasteiger partial charge in [-0.25, -0.2) is 4.68 Å². The van der Waals surface area contributed by atoms with Crippen LogP contribution in [0.5, 0.6) is 5.75 Å². The molecule has 2 aliphatic rings. The van der Waals surface area contributed by atoms with Crippen molar-refractivity contribution in [2.24, 2.45) is 7.05 Å². The van der Waals surface area contributed by atoms with E-state index in [4.69, 9.17) is 9.47 Å². The van der Waals surface area contributed by atoms with E-state index in [9.17, 15) is 9.90 Å². The Morgan fingerprint density at radius 2 is 2.16 bits per heavy atom. The van der Waals surface area contributed by atoms with Gasteiger partial charge in [-0.15, -0.1) is 0 Å². The third kappa shape index (κ3) is 3.90. The standard InChI is InChI=1S/C22H27N5O4/c1-22(6-7-22)31-14-3-4-17-16(11-14)20(24-23-17)18-12-19(21(29)26(2)25-18)27-8-5-15(13-28)30-10-9-27/h3-4,11-12,15,28H,5-10,13H2,1-2H3,(H,23,24). The number of benzene rings is 1. The van der Waals surface area contributed by atoms with E-state index < -0.39 is 0 Å². The lowest BCUT2D eigenvalue weighted by molar-refractivity contribution is 0.0222. The molecule has 9 nitrogen and oxygen atoms in total. The van der Waals surface area contributed by atoms with Crippen LogP contribution in [0, 0.1) is 0 Å². The summed E-state index contributed by atoms with van der Waals surface area (Å²) < 4.78 is 13.1. The molecular formula is C22H27N5O4. The van der Waals surface area contributed by atoms with Crippen molar-refractivity contribution in [1.82, 2.24) is 20.0 Å². The summed E-state index contributed by atoms with van der Waals surface area (Å²) in [6.07, 6.45) is 2.58. The first-order valence-corrected chi connectivity index (χ1v) is 10.7. The van der Waals surface area contributed by atoms with Gasteiger partial charge >= 0.3 is 0 Å². The summed E-state index contributed by atoms with van der Waals surface area (Å²) in [5.74, 6) is 0.805. The molecule has 3 aromatic rings. The van der Waals surface area contributed by atoms with Crippen molar-refractivity contribution < 1.29 is 14.6 Å². The number of aromatic amines is 1. The molecule has 2 N–H and O–H groups in total. The normalized spacial score (nSPS) is 20.6. The molecule has 2 aromatic heterocycles. The van der Waals surface area contributed by atoms with E-state index in [-0.39, 0.29) is 23.9 Å². The maximum atomic E-state index is 12.9. The summed E-state index contributed by atoms with van der Waals surface area (Å²) in [4.78, 5) is 14.9. The number of aliphatic hydroxyl groups is 1. The predicted octanol–water partition coefficient (Wildman–Crippen LogP) is 1.84. The molecule has 0 radical (unpaired) electrons. The van der Waals surface area contributed by atoms with Crippen molar-refractivity contribution in [1.29, 1.82) is 0 Å². The van der Waals surface area contributed by atoms with E-state index in [1.165, 1.54) is 4.68 Å². The van der Waals surface area contributed by atoms with Crippen LogP contribution in [0.3, 0.4) is 0 Å². The quantitative estimate of drug-likeness (QED) is 0.643. The van der Waals surface area contributed by atoms with Crippen molar-refractivity contribution in [2.45, 2.75) is 37.9 Å². The molecule has 1 unspecified atom stereocenters. The smallest absolute Gasteiger partial charge is 0.290 e. The van der Waals surface area contributed by atoms with Crippen LogP contribution in [0.25, 0.3) is 22.3 Å². The number of ether oxygens (including phenoxy) is 2. The van der Waals surface area contributed by atoms with Crippen LogP contribution in [0.4, 0.5) is 5.69 Å². The second-order valence-electron chi connectivity index (χ2n) is 8.63. The average molecular weight is 425 g/mol. The highest BCUT2D eigenvalue weighted by molar-refractivity contribution is 5.93. The van der Waals surface area contributed by atoms with Gasteiger partial charge in [-0.3, -0.25) is 9.89 Å². The lowest BCUT2D eigenvalue weighted by Crippen LogP contribution is -2.34. The highest BCUT2D eigenvalue weighted by Gasteiger charge is 2.40. The highest BCUT2D eigenvalue weighted by atomic mass is 16.5. The van der Waals surface area contributed by atoms with Gasteiger partial charge in [0.2, 0.25) is 0 Å². The fraction of sp³-hybridized carbons (Fsp3) is 0.500. The fourth-order valence-electron chi connectivity index (χ4n) is 3.96. The maximum absolute atomic E-state index is 12.9. The molecule has 0 amide bonds. The number of H-pyrrole nitrogens is 1. The summed E-state index contributed by atoms with van der Waals surface area (Å²) in [5, 5.41) is 22.3. The summed E-state index contributed by atoms with van der Waals surface area (Å²) in [6.45, 7) is 3.75. The van der Waals surface area contributed by atoms with Gasteiger partial charge in [0.1, 0.15) is 28.4 Å². The Morgan fingerprint density at radius 1 is 1.32 bits per heavy atom. The Kier molecular flexibility index (Phi) is 4.94. The highest BCUT2D eigenvalue weighted by Crippen LogP contribution is 2.40. The SMILES string of the molecule is Cn1nc(-c2n[nH]c3ccc(OC4(C)CC4)cc23)cc(N2CCOC(CO)CC2)c1=O. The number of hydrogen-bond acceptors (Lipinski definition) is 7. The molecule has 3 heterocycles. The molecule has 164 valence electrons. The van der Waals surface area contributed by atoms with Gasteiger partial charge in [0, 0.05) is 25.5 Å². The van der Waals surface area contributed by atoms with E-state index in [1.54, 1.807) is 13.1 Å². The first kappa shape index (κ1) is 20.0. The van der Waals surface area contributed by atoms with Gasteiger partial charge in [-0.05, 0) is 50.5 Å². The van der Waals surface area contributed by atoms with Crippen LogP contribution in [0.2, 0.25) is 0 Å². The zero-order valence-corrected chi connectivity index (χ0v) is 17.8. The molecule has 1 aromatic carbocycles. The summed E-state index contributed by atoms with van der Waals surface area (Å²) in [7, 11) is 1.65. The number of aromatic nitrogens is 4. The van der Waals surface area contributed by atoms with Gasteiger partial charge in [0.15, 0.2) is 0 Å². The number of aryl methyl sites for hydroxylation is 1. The van der Waals surface area contributed by atoms with E-state index in [1.807, 2.05) is 23.1 Å². The lowest BCUT2D eigenvalue weighted by Gasteiger charge is -2.22. The Balaban J connectivity index is 1.52. The van der Waals surface area contributed by atoms with Crippen LogP contribution in [-0.4, -0.2) is 63.1 Å². The fourth-order valence-corrected chi connectivity index (χ4v) is 3.96.